The van der Waals surface area contributed by atoms with Crippen LogP contribution in [0.5, 0.6) is 5.75 Å². The second-order valence-electron chi connectivity index (χ2n) is 6.87. The van der Waals surface area contributed by atoms with Crippen LogP contribution in [-0.2, 0) is 11.8 Å². The third kappa shape index (κ3) is 1.60. The Hall–Kier alpha value is -1.02. The maximum atomic E-state index is 7.88. The molecule has 1 heterocycles. The number of fused-ring (bicyclic) bond motifs is 1. The van der Waals surface area contributed by atoms with E-state index in [0.29, 0.717) is 18.5 Å². The summed E-state index contributed by atoms with van der Waals surface area (Å²) in [6.07, 6.45) is 7.77. The standard InChI is InChI=1S/C18H25NO/c1-19-10-9-18-8-4-3-5-15(18)17(19)11-13-6-7-14(20-2)12-16(13)18/h6-7,12,15,17H,3-5,8-11H2,1-2H3/t15-,17+,18+/m0/s1/i1D. The number of piperidine rings is 1. The molecule has 1 aliphatic heterocycles. The van der Waals surface area contributed by atoms with Gasteiger partial charge in [-0.3, -0.25) is 0 Å². The molecule has 2 fully saturated rings. The molecule has 2 aliphatic carbocycles. The minimum Gasteiger partial charge on any atom is -0.497 e. The fourth-order valence-corrected chi connectivity index (χ4v) is 5.19. The largest absolute Gasteiger partial charge is 0.497 e. The molecule has 0 unspecified atom stereocenters. The molecule has 108 valence electrons. The van der Waals surface area contributed by atoms with Crippen LogP contribution in [0, 0.1) is 5.92 Å². The van der Waals surface area contributed by atoms with Gasteiger partial charge in [0.05, 0.1) is 7.11 Å². The summed E-state index contributed by atoms with van der Waals surface area (Å²) in [4.78, 5) is 2.42. The molecule has 2 nitrogen and oxygen atoms in total. The summed E-state index contributed by atoms with van der Waals surface area (Å²) in [5, 5.41) is 0. The van der Waals surface area contributed by atoms with Crippen LogP contribution in [0.1, 0.15) is 44.6 Å². The van der Waals surface area contributed by atoms with Crippen LogP contribution in [0.3, 0.4) is 0 Å². The molecule has 1 saturated carbocycles. The van der Waals surface area contributed by atoms with Gasteiger partial charge in [-0.1, -0.05) is 18.9 Å². The van der Waals surface area contributed by atoms with Gasteiger partial charge in [-0.2, -0.15) is 0 Å². The lowest BCUT2D eigenvalue weighted by Crippen LogP contribution is -2.59. The van der Waals surface area contributed by atoms with E-state index in [-0.39, 0.29) is 0 Å². The molecule has 3 aliphatic rings. The van der Waals surface area contributed by atoms with Gasteiger partial charge in [-0.15, -0.1) is 0 Å². The first-order chi connectivity index (χ1) is 10.3. The molecule has 2 heteroatoms. The minimum atomic E-state index is 0.372. The first-order valence-electron chi connectivity index (χ1n) is 8.70. The summed E-state index contributed by atoms with van der Waals surface area (Å²) < 4.78 is 13.4. The number of ether oxygens (including phenoxy) is 1. The molecule has 4 rings (SSSR count). The highest BCUT2D eigenvalue weighted by molar-refractivity contribution is 5.45. The van der Waals surface area contributed by atoms with Crippen LogP contribution in [0.15, 0.2) is 18.2 Å². The van der Waals surface area contributed by atoms with E-state index in [4.69, 9.17) is 6.11 Å². The van der Waals surface area contributed by atoms with Crippen LogP contribution < -0.4 is 4.74 Å². The summed E-state index contributed by atoms with van der Waals surface area (Å²) in [7, 11) is 2.23. The quantitative estimate of drug-likeness (QED) is 0.777. The number of hydrogen-bond acceptors (Lipinski definition) is 2. The van der Waals surface area contributed by atoms with E-state index in [1.165, 1.54) is 37.7 Å². The highest BCUT2D eigenvalue weighted by Crippen LogP contribution is 2.55. The highest BCUT2D eigenvalue weighted by atomic mass is 16.5. The van der Waals surface area contributed by atoms with Crippen LogP contribution in [0.4, 0.5) is 0 Å². The summed E-state index contributed by atoms with van der Waals surface area (Å²) >= 11 is 0. The van der Waals surface area contributed by atoms with E-state index < -0.39 is 0 Å². The number of methoxy groups -OCH3 is 1. The molecule has 0 N–H and O–H groups in total. The maximum absolute atomic E-state index is 7.88. The highest BCUT2D eigenvalue weighted by Gasteiger charge is 2.53. The SMILES string of the molecule is [2H]CN1CC[C@]23CCCC[C@H]2[C@H]1Cc1ccc(OC)cc13. The average Bonchev–Trinajstić information content (AvgIpc) is 2.54. The zero-order valence-corrected chi connectivity index (χ0v) is 12.4. The van der Waals surface area contributed by atoms with E-state index in [1.807, 2.05) is 0 Å². The Balaban J connectivity index is 1.85. The number of hydrogen-bond donors (Lipinski definition) is 0. The fraction of sp³-hybridized carbons (Fsp3) is 0.667. The predicted molar refractivity (Wildman–Crippen MR) is 81.4 cm³/mol. The topological polar surface area (TPSA) is 12.5 Å². The molecular weight excluding hydrogens is 246 g/mol. The van der Waals surface area contributed by atoms with Crippen molar-refractivity contribution in [1.82, 2.24) is 4.90 Å². The third-order valence-electron chi connectivity index (χ3n) is 6.16. The average molecular weight is 272 g/mol. The van der Waals surface area contributed by atoms with Crippen molar-refractivity contribution in [2.45, 2.75) is 50.0 Å². The molecule has 0 spiro atoms. The molecule has 2 bridgehead atoms. The van der Waals surface area contributed by atoms with Gasteiger partial charge >= 0.3 is 0 Å². The van der Waals surface area contributed by atoms with Gasteiger partial charge in [0.15, 0.2) is 0 Å². The van der Waals surface area contributed by atoms with Crippen LogP contribution in [-0.4, -0.2) is 31.6 Å². The van der Waals surface area contributed by atoms with E-state index in [2.05, 4.69) is 23.1 Å². The summed E-state index contributed by atoms with van der Waals surface area (Å²) in [5.74, 6) is 1.76. The number of nitrogens with zero attached hydrogens (tertiary/aromatic N) is 1. The van der Waals surface area contributed by atoms with E-state index >= 15 is 0 Å². The lowest BCUT2D eigenvalue weighted by atomic mass is 9.52. The third-order valence-corrected chi connectivity index (χ3v) is 6.16. The van der Waals surface area contributed by atoms with Gasteiger partial charge < -0.3 is 9.64 Å². The molecule has 0 amide bonds. The molecule has 0 radical (unpaired) electrons. The minimum absolute atomic E-state index is 0.372. The molecular formula is C18H25NO. The van der Waals surface area contributed by atoms with Gasteiger partial charge in [0.1, 0.15) is 5.75 Å². The van der Waals surface area contributed by atoms with Crippen molar-refractivity contribution >= 4 is 0 Å². The van der Waals surface area contributed by atoms with E-state index in [0.717, 1.165) is 24.6 Å². The summed E-state index contributed by atoms with van der Waals surface area (Å²) in [6, 6.07) is 7.30. The molecule has 1 saturated heterocycles. The number of likely N-dealkylation sites (tertiary alicyclic amines) is 1. The van der Waals surface area contributed by atoms with Crippen molar-refractivity contribution in [3.05, 3.63) is 29.3 Å². The Kier molecular flexibility index (Phi) is 2.61. The van der Waals surface area contributed by atoms with Crippen molar-refractivity contribution in [1.29, 1.82) is 0 Å². The van der Waals surface area contributed by atoms with Gasteiger partial charge in [0.25, 0.3) is 0 Å². The number of rotatable bonds is 1. The lowest BCUT2D eigenvalue weighted by molar-refractivity contribution is 0.00274. The van der Waals surface area contributed by atoms with Crippen molar-refractivity contribution in [3.63, 3.8) is 0 Å². The zero-order valence-electron chi connectivity index (χ0n) is 13.4. The maximum Gasteiger partial charge on any atom is 0.119 e. The zero-order chi connectivity index (χ0) is 14.4. The van der Waals surface area contributed by atoms with Crippen molar-refractivity contribution < 1.29 is 6.11 Å². The molecule has 0 aromatic heterocycles. The Morgan fingerprint density at radius 1 is 1.35 bits per heavy atom. The van der Waals surface area contributed by atoms with Gasteiger partial charge in [-0.25, -0.2) is 0 Å². The monoisotopic (exact) mass is 272 g/mol. The van der Waals surface area contributed by atoms with Gasteiger partial charge in [0, 0.05) is 12.8 Å². The molecule has 20 heavy (non-hydrogen) atoms. The van der Waals surface area contributed by atoms with Crippen LogP contribution in [0.25, 0.3) is 0 Å². The molecule has 1 aromatic carbocycles. The summed E-state index contributed by atoms with van der Waals surface area (Å²) in [5.41, 5.74) is 3.46. The Labute approximate surface area is 123 Å². The molecule has 1 aromatic rings. The van der Waals surface area contributed by atoms with Crippen molar-refractivity contribution in [3.8, 4) is 5.75 Å². The normalized spacial score (nSPS) is 36.8. The van der Waals surface area contributed by atoms with Crippen molar-refractivity contribution in [2.75, 3.05) is 20.7 Å². The first-order valence-corrected chi connectivity index (χ1v) is 7.99. The molecule has 3 atom stereocenters. The first kappa shape index (κ1) is 11.6. The Morgan fingerprint density at radius 2 is 2.30 bits per heavy atom. The number of benzene rings is 1. The number of likely N-dealkylation sites (N-methyl/N-ethyl adjacent to an activating group) is 1. The van der Waals surface area contributed by atoms with Crippen LogP contribution >= 0.6 is 0 Å². The van der Waals surface area contributed by atoms with Gasteiger partial charge in [0.2, 0.25) is 0 Å². The van der Waals surface area contributed by atoms with Gasteiger partial charge in [-0.05, 0) is 68.4 Å². The van der Waals surface area contributed by atoms with Crippen LogP contribution in [0.2, 0.25) is 0 Å². The van der Waals surface area contributed by atoms with Crippen molar-refractivity contribution in [2.24, 2.45) is 5.92 Å². The second kappa shape index (κ2) is 4.49. The van der Waals surface area contributed by atoms with E-state index in [1.54, 1.807) is 12.7 Å². The second-order valence-corrected chi connectivity index (χ2v) is 6.87. The summed E-state index contributed by atoms with van der Waals surface area (Å²) in [6.45, 7) is 1.10. The Morgan fingerprint density at radius 3 is 3.15 bits per heavy atom. The van der Waals surface area contributed by atoms with E-state index in [9.17, 15) is 0 Å². The Bertz CT molecular complexity index is 546. The fourth-order valence-electron chi connectivity index (χ4n) is 5.19. The lowest BCUT2D eigenvalue weighted by Gasteiger charge is -2.58. The smallest absolute Gasteiger partial charge is 0.119 e. The predicted octanol–water partition coefficient (Wildman–Crippen LogP) is 3.38.